The summed E-state index contributed by atoms with van der Waals surface area (Å²) in [6.07, 6.45) is 5.51. The van der Waals surface area contributed by atoms with Crippen molar-refractivity contribution in [2.75, 3.05) is 10.8 Å². The minimum absolute atomic E-state index is 0.0598. The van der Waals surface area contributed by atoms with Gasteiger partial charge in [0.1, 0.15) is 24.1 Å². The Kier molecular flexibility index (Phi) is 11.3. The van der Waals surface area contributed by atoms with Gasteiger partial charge in [0, 0.05) is 12.6 Å². The summed E-state index contributed by atoms with van der Waals surface area (Å²) in [4.78, 5) is 29.7. The minimum Gasteiger partial charge on any atom is -0.457 e. The minimum atomic E-state index is -4.16. The van der Waals surface area contributed by atoms with Crippen molar-refractivity contribution < 1.29 is 22.7 Å². The Morgan fingerprint density at radius 2 is 1.40 bits per heavy atom. The number of anilines is 1. The summed E-state index contributed by atoms with van der Waals surface area (Å²) in [5.74, 6) is 0.489. The Morgan fingerprint density at radius 1 is 0.809 bits per heavy atom. The molecule has 9 heteroatoms. The van der Waals surface area contributed by atoms with Crippen LogP contribution in [0.15, 0.2) is 114 Å². The molecule has 2 amide bonds. The van der Waals surface area contributed by atoms with E-state index in [2.05, 4.69) is 5.32 Å². The lowest BCUT2D eigenvalue weighted by Crippen LogP contribution is -2.54. The zero-order valence-electron chi connectivity index (χ0n) is 27.0. The third-order valence-electron chi connectivity index (χ3n) is 8.52. The van der Waals surface area contributed by atoms with Gasteiger partial charge in [-0.15, -0.1) is 0 Å². The van der Waals surface area contributed by atoms with E-state index in [1.165, 1.54) is 17.0 Å². The number of benzene rings is 4. The van der Waals surface area contributed by atoms with E-state index in [0.29, 0.717) is 23.6 Å². The maximum absolute atomic E-state index is 14.4. The fourth-order valence-corrected chi connectivity index (χ4v) is 7.34. The second-order valence-electron chi connectivity index (χ2n) is 12.0. The fraction of sp³-hybridized carbons (Fsp3) is 0.316. The van der Waals surface area contributed by atoms with Crippen molar-refractivity contribution in [3.8, 4) is 11.5 Å². The van der Waals surface area contributed by atoms with Crippen molar-refractivity contribution >= 4 is 27.5 Å². The fourth-order valence-electron chi connectivity index (χ4n) is 5.91. The first-order valence-electron chi connectivity index (χ1n) is 16.3. The summed E-state index contributed by atoms with van der Waals surface area (Å²) in [6.45, 7) is 3.54. The summed E-state index contributed by atoms with van der Waals surface area (Å²) in [5.41, 5.74) is 2.24. The molecule has 1 fully saturated rings. The molecule has 1 aliphatic rings. The lowest BCUT2D eigenvalue weighted by Gasteiger charge is -2.34. The number of nitrogens with zero attached hydrogens (tertiary/aromatic N) is 2. The number of carbonyl (C=O) groups excluding carboxylic acids is 2. The van der Waals surface area contributed by atoms with Gasteiger partial charge < -0.3 is 15.0 Å². The summed E-state index contributed by atoms with van der Waals surface area (Å²) in [7, 11) is -4.16. The number of hydrogen-bond donors (Lipinski definition) is 1. The van der Waals surface area contributed by atoms with Crippen molar-refractivity contribution in [3.63, 3.8) is 0 Å². The molecule has 0 spiro atoms. The van der Waals surface area contributed by atoms with E-state index in [0.717, 1.165) is 47.5 Å². The molecule has 47 heavy (non-hydrogen) atoms. The molecule has 0 heterocycles. The van der Waals surface area contributed by atoms with Gasteiger partial charge in [-0.2, -0.15) is 0 Å². The molecule has 0 unspecified atom stereocenters. The number of ether oxygens (including phenoxy) is 1. The van der Waals surface area contributed by atoms with E-state index in [1.54, 1.807) is 42.5 Å². The van der Waals surface area contributed by atoms with Crippen LogP contribution in [0.25, 0.3) is 0 Å². The van der Waals surface area contributed by atoms with E-state index in [9.17, 15) is 18.0 Å². The lowest BCUT2D eigenvalue weighted by molar-refractivity contribution is -0.140. The molecule has 8 nitrogen and oxygen atoms in total. The van der Waals surface area contributed by atoms with E-state index < -0.39 is 28.5 Å². The Bertz CT molecular complexity index is 1710. The first-order valence-corrected chi connectivity index (χ1v) is 17.7. The number of aryl methyl sites for hydroxylation is 1. The highest BCUT2D eigenvalue weighted by molar-refractivity contribution is 7.92. The highest BCUT2D eigenvalue weighted by Gasteiger charge is 2.34. The number of amides is 2. The number of nitrogens with one attached hydrogen (secondary N) is 1. The van der Waals surface area contributed by atoms with E-state index >= 15 is 0 Å². The van der Waals surface area contributed by atoms with Gasteiger partial charge in [-0.25, -0.2) is 8.42 Å². The smallest absolute Gasteiger partial charge is 0.264 e. The second-order valence-corrected chi connectivity index (χ2v) is 13.9. The van der Waals surface area contributed by atoms with Crippen molar-refractivity contribution in [1.29, 1.82) is 0 Å². The lowest BCUT2D eigenvalue weighted by atomic mass is 9.95. The molecule has 246 valence electrons. The van der Waals surface area contributed by atoms with E-state index in [1.807, 2.05) is 68.4 Å². The molecule has 1 aliphatic carbocycles. The molecule has 0 radical (unpaired) electrons. The van der Waals surface area contributed by atoms with E-state index in [-0.39, 0.29) is 23.4 Å². The maximum atomic E-state index is 14.4. The average molecular weight is 654 g/mol. The van der Waals surface area contributed by atoms with Gasteiger partial charge in [-0.05, 0) is 80.3 Å². The average Bonchev–Trinajstić information content (AvgIpc) is 3.09. The standard InChI is InChI=1S/C38H43N3O5S/c1-3-36(38(43)39-31-13-7-4-8-14-31)40(27-30-21-19-29(2)20-22-30)37(42)28-41(47(44,45)35-17-11-6-12-18-35)32-23-25-34(26-24-32)46-33-15-9-5-10-16-33/h5-6,9-12,15-26,31,36H,3-4,7-8,13-14,27-28H2,1-2H3,(H,39,43)/t36-/m1/s1. The topological polar surface area (TPSA) is 96.0 Å². The van der Waals surface area contributed by atoms with E-state index in [4.69, 9.17) is 4.74 Å². The number of sulfonamides is 1. The molecule has 4 aromatic carbocycles. The summed E-state index contributed by atoms with van der Waals surface area (Å²) in [6, 6.07) is 31.1. The SMILES string of the molecule is CC[C@H](C(=O)NC1CCCCC1)N(Cc1ccc(C)cc1)C(=O)CN(c1ccc(Oc2ccccc2)cc1)S(=O)(=O)c1ccccc1. The van der Waals surface area contributed by atoms with Crippen LogP contribution in [0.1, 0.15) is 56.6 Å². The molecule has 1 N–H and O–H groups in total. The van der Waals surface area contributed by atoms with Crippen molar-refractivity contribution in [2.45, 2.75) is 75.9 Å². The van der Waals surface area contributed by atoms with Crippen LogP contribution in [0.3, 0.4) is 0 Å². The molecule has 0 bridgehead atoms. The zero-order chi connectivity index (χ0) is 33.2. The molecular formula is C38H43N3O5S. The molecule has 1 atom stereocenters. The van der Waals surface area contributed by atoms with Gasteiger partial charge in [-0.1, -0.05) is 92.4 Å². The Labute approximate surface area is 278 Å². The van der Waals surface area contributed by atoms with Crippen molar-refractivity contribution in [1.82, 2.24) is 10.2 Å². The molecule has 0 aliphatic heterocycles. The van der Waals surface area contributed by atoms with Gasteiger partial charge in [-0.3, -0.25) is 13.9 Å². The first-order chi connectivity index (χ1) is 22.7. The maximum Gasteiger partial charge on any atom is 0.264 e. The number of hydrogen-bond acceptors (Lipinski definition) is 5. The van der Waals surface area contributed by atoms with Crippen molar-refractivity contribution in [3.05, 3.63) is 120 Å². The van der Waals surface area contributed by atoms with Crippen LogP contribution in [0.4, 0.5) is 5.69 Å². The first kappa shape index (κ1) is 33.7. The normalized spacial score (nSPS) is 14.2. The largest absolute Gasteiger partial charge is 0.457 e. The second kappa shape index (κ2) is 15.8. The number of para-hydroxylation sites is 1. The Balaban J connectivity index is 1.47. The molecule has 0 saturated heterocycles. The van der Waals surface area contributed by atoms with Crippen LogP contribution in [-0.4, -0.2) is 43.8 Å². The van der Waals surface area contributed by atoms with Crippen LogP contribution in [0.5, 0.6) is 11.5 Å². The van der Waals surface area contributed by atoms with Crippen molar-refractivity contribution in [2.24, 2.45) is 0 Å². The van der Waals surface area contributed by atoms with Crippen LogP contribution < -0.4 is 14.4 Å². The molecule has 5 rings (SSSR count). The van der Waals surface area contributed by atoms with Crippen LogP contribution >= 0.6 is 0 Å². The summed E-state index contributed by atoms with van der Waals surface area (Å²) in [5, 5.41) is 3.19. The van der Waals surface area contributed by atoms with Gasteiger partial charge in [0.05, 0.1) is 10.6 Å². The van der Waals surface area contributed by atoms with Crippen LogP contribution in [0, 0.1) is 6.92 Å². The third kappa shape index (κ3) is 8.80. The van der Waals surface area contributed by atoms with Gasteiger partial charge >= 0.3 is 0 Å². The van der Waals surface area contributed by atoms with Crippen LogP contribution in [0.2, 0.25) is 0 Å². The van der Waals surface area contributed by atoms with Gasteiger partial charge in [0.2, 0.25) is 11.8 Å². The monoisotopic (exact) mass is 653 g/mol. The summed E-state index contributed by atoms with van der Waals surface area (Å²) >= 11 is 0. The molecule has 1 saturated carbocycles. The van der Waals surface area contributed by atoms with Gasteiger partial charge in [0.15, 0.2) is 0 Å². The van der Waals surface area contributed by atoms with Crippen LogP contribution in [-0.2, 0) is 26.2 Å². The highest BCUT2D eigenvalue weighted by Crippen LogP contribution is 2.29. The Morgan fingerprint density at radius 3 is 2.02 bits per heavy atom. The summed E-state index contributed by atoms with van der Waals surface area (Å²) < 4.78 is 35.3. The number of rotatable bonds is 13. The predicted octanol–water partition coefficient (Wildman–Crippen LogP) is 7.24. The Hall–Kier alpha value is -4.63. The number of carbonyl (C=O) groups is 2. The third-order valence-corrected chi connectivity index (χ3v) is 10.3. The highest BCUT2D eigenvalue weighted by atomic mass is 32.2. The molecular weight excluding hydrogens is 611 g/mol. The van der Waals surface area contributed by atoms with Gasteiger partial charge in [0.25, 0.3) is 10.0 Å². The molecule has 4 aromatic rings. The zero-order valence-corrected chi connectivity index (χ0v) is 27.9. The predicted molar refractivity (Wildman–Crippen MR) is 185 cm³/mol. The quantitative estimate of drug-likeness (QED) is 0.164. The molecule has 0 aromatic heterocycles.